The van der Waals surface area contributed by atoms with Crippen molar-refractivity contribution < 1.29 is 14.3 Å². The summed E-state index contributed by atoms with van der Waals surface area (Å²) in [5.74, 6) is 0.841. The van der Waals surface area contributed by atoms with E-state index in [-0.39, 0.29) is 23.7 Å². The van der Waals surface area contributed by atoms with Gasteiger partial charge in [0.25, 0.3) is 0 Å². The molecule has 1 atom stereocenters. The van der Waals surface area contributed by atoms with Crippen LogP contribution >= 0.6 is 11.8 Å². The van der Waals surface area contributed by atoms with Crippen molar-refractivity contribution in [3.8, 4) is 11.8 Å². The third-order valence-electron chi connectivity index (χ3n) is 2.31. The van der Waals surface area contributed by atoms with Crippen molar-refractivity contribution in [3.05, 3.63) is 29.8 Å². The number of ether oxygens (including phenoxy) is 1. The smallest absolute Gasteiger partial charge is 0.217 e. The molecule has 0 aliphatic rings. The van der Waals surface area contributed by atoms with Crippen molar-refractivity contribution in [3.63, 3.8) is 0 Å². The van der Waals surface area contributed by atoms with Crippen LogP contribution < -0.4 is 10.1 Å². The Bertz CT molecular complexity index is 525. The molecular weight excluding hydrogens is 276 g/mol. The van der Waals surface area contributed by atoms with Gasteiger partial charge in [-0.05, 0) is 18.2 Å². The molecule has 0 saturated heterocycles. The van der Waals surface area contributed by atoms with Gasteiger partial charge in [-0.25, -0.2) is 0 Å². The van der Waals surface area contributed by atoms with Gasteiger partial charge in [-0.2, -0.15) is 5.26 Å². The number of carbonyl (C=O) groups excluding carboxylic acids is 2. The number of nitrogens with one attached hydrogen (secondary N) is 1. The van der Waals surface area contributed by atoms with Gasteiger partial charge in [0.1, 0.15) is 12.4 Å². The number of benzene rings is 1. The van der Waals surface area contributed by atoms with E-state index in [2.05, 4.69) is 5.32 Å². The summed E-state index contributed by atoms with van der Waals surface area (Å²) in [5.41, 5.74) is 0.511. The number of amides is 1. The summed E-state index contributed by atoms with van der Waals surface area (Å²) in [6.07, 6.45) is 0. The lowest BCUT2D eigenvalue weighted by Crippen LogP contribution is -2.39. The highest BCUT2D eigenvalue weighted by Gasteiger charge is 2.12. The third-order valence-corrected chi connectivity index (χ3v) is 3.29. The molecule has 1 aromatic carbocycles. The first kappa shape index (κ1) is 16.1. The summed E-state index contributed by atoms with van der Waals surface area (Å²) >= 11 is 1.14. The van der Waals surface area contributed by atoms with E-state index >= 15 is 0 Å². The van der Waals surface area contributed by atoms with Crippen molar-refractivity contribution in [2.24, 2.45) is 0 Å². The fraction of sp³-hybridized carbons (Fsp3) is 0.357. The molecule has 0 fully saturated rings. The molecule has 106 valence electrons. The standard InChI is InChI=1S/C14H16N2O3S/c1-10(17)16-13(9-20-11(2)18)8-19-14-5-3-4-12(6-14)7-15/h3-6,13H,8-9H2,1-2H3,(H,16,17). The third kappa shape index (κ3) is 6.25. The van der Waals surface area contributed by atoms with E-state index in [9.17, 15) is 9.59 Å². The van der Waals surface area contributed by atoms with Crippen molar-refractivity contribution in [1.29, 1.82) is 5.26 Å². The molecule has 0 radical (unpaired) electrons. The van der Waals surface area contributed by atoms with Gasteiger partial charge >= 0.3 is 0 Å². The van der Waals surface area contributed by atoms with Crippen LogP contribution in [0.2, 0.25) is 0 Å². The van der Waals surface area contributed by atoms with Crippen molar-refractivity contribution in [2.45, 2.75) is 19.9 Å². The summed E-state index contributed by atoms with van der Waals surface area (Å²) in [5, 5.41) is 11.5. The number of nitrogens with zero attached hydrogens (tertiary/aromatic N) is 1. The van der Waals surface area contributed by atoms with Gasteiger partial charge in [-0.15, -0.1) is 0 Å². The topological polar surface area (TPSA) is 79.2 Å². The predicted octanol–water partition coefficient (Wildman–Crippen LogP) is 1.72. The van der Waals surface area contributed by atoms with Gasteiger partial charge < -0.3 is 10.1 Å². The Hall–Kier alpha value is -2.00. The number of hydrogen-bond acceptors (Lipinski definition) is 5. The number of thioether (sulfide) groups is 1. The summed E-state index contributed by atoms with van der Waals surface area (Å²) < 4.78 is 5.55. The Morgan fingerprint density at radius 2 is 2.20 bits per heavy atom. The summed E-state index contributed by atoms with van der Waals surface area (Å²) in [4.78, 5) is 22.1. The second-order valence-electron chi connectivity index (χ2n) is 4.15. The van der Waals surface area contributed by atoms with Gasteiger partial charge in [0.15, 0.2) is 5.12 Å². The zero-order valence-corrected chi connectivity index (χ0v) is 12.2. The molecule has 1 unspecified atom stereocenters. The maximum absolute atomic E-state index is 11.1. The van der Waals surface area contributed by atoms with Crippen molar-refractivity contribution in [1.82, 2.24) is 5.32 Å². The van der Waals surface area contributed by atoms with Crippen molar-refractivity contribution >= 4 is 22.8 Å². The van der Waals surface area contributed by atoms with Gasteiger partial charge in [0, 0.05) is 19.6 Å². The lowest BCUT2D eigenvalue weighted by atomic mass is 10.2. The van der Waals surface area contributed by atoms with Crippen LogP contribution in [0.3, 0.4) is 0 Å². The van der Waals surface area contributed by atoms with Gasteiger partial charge in [0.2, 0.25) is 5.91 Å². The van der Waals surface area contributed by atoms with Crippen LogP contribution in [0.15, 0.2) is 24.3 Å². The highest BCUT2D eigenvalue weighted by atomic mass is 32.2. The van der Waals surface area contributed by atoms with Crippen LogP contribution in [-0.2, 0) is 9.59 Å². The first-order valence-corrected chi connectivity index (χ1v) is 7.03. The number of rotatable bonds is 6. The minimum atomic E-state index is -0.257. The highest BCUT2D eigenvalue weighted by molar-refractivity contribution is 8.13. The fourth-order valence-corrected chi connectivity index (χ4v) is 2.10. The SMILES string of the molecule is CC(=O)NC(COc1cccc(C#N)c1)CSC(C)=O. The number of hydrogen-bond donors (Lipinski definition) is 1. The van der Waals surface area contributed by atoms with E-state index in [1.807, 2.05) is 6.07 Å². The zero-order chi connectivity index (χ0) is 15.0. The van der Waals surface area contributed by atoms with Crippen molar-refractivity contribution in [2.75, 3.05) is 12.4 Å². The molecule has 1 aromatic rings. The fourth-order valence-electron chi connectivity index (χ4n) is 1.49. The van der Waals surface area contributed by atoms with Gasteiger partial charge in [-0.1, -0.05) is 17.8 Å². The Balaban J connectivity index is 2.58. The monoisotopic (exact) mass is 292 g/mol. The first-order valence-electron chi connectivity index (χ1n) is 6.04. The van der Waals surface area contributed by atoms with Crippen LogP contribution in [0.4, 0.5) is 0 Å². The summed E-state index contributed by atoms with van der Waals surface area (Å²) in [6.45, 7) is 3.14. The molecule has 6 heteroatoms. The second-order valence-corrected chi connectivity index (χ2v) is 5.35. The maximum atomic E-state index is 11.1. The van der Waals surface area contributed by atoms with Gasteiger partial charge in [0.05, 0.1) is 17.7 Å². The lowest BCUT2D eigenvalue weighted by Gasteiger charge is -2.17. The molecule has 1 N–H and O–H groups in total. The second kappa shape index (κ2) is 8.23. The largest absolute Gasteiger partial charge is 0.491 e. The minimum Gasteiger partial charge on any atom is -0.491 e. The average molecular weight is 292 g/mol. The van der Waals surface area contributed by atoms with E-state index in [1.54, 1.807) is 24.3 Å². The average Bonchev–Trinajstić information content (AvgIpc) is 2.41. The van der Waals surface area contributed by atoms with E-state index in [1.165, 1.54) is 13.8 Å². The van der Waals surface area contributed by atoms with E-state index in [0.29, 0.717) is 17.1 Å². The minimum absolute atomic E-state index is 0.00756. The van der Waals surface area contributed by atoms with E-state index < -0.39 is 0 Å². The van der Waals surface area contributed by atoms with E-state index in [4.69, 9.17) is 10.00 Å². The molecule has 1 rings (SSSR count). The Morgan fingerprint density at radius 3 is 2.80 bits per heavy atom. The quantitative estimate of drug-likeness (QED) is 0.863. The normalized spacial score (nSPS) is 11.2. The number of nitriles is 1. The molecule has 0 saturated carbocycles. The zero-order valence-electron chi connectivity index (χ0n) is 11.4. The van der Waals surface area contributed by atoms with Crippen LogP contribution in [0.5, 0.6) is 5.75 Å². The molecule has 0 aliphatic carbocycles. The van der Waals surface area contributed by atoms with E-state index in [0.717, 1.165) is 11.8 Å². The van der Waals surface area contributed by atoms with Gasteiger partial charge in [-0.3, -0.25) is 9.59 Å². The van der Waals surface area contributed by atoms with Crippen LogP contribution in [0.25, 0.3) is 0 Å². The molecule has 1 amide bonds. The summed E-state index contributed by atoms with van der Waals surface area (Å²) in [7, 11) is 0. The lowest BCUT2D eigenvalue weighted by molar-refractivity contribution is -0.119. The molecule has 20 heavy (non-hydrogen) atoms. The number of carbonyl (C=O) groups is 2. The highest BCUT2D eigenvalue weighted by Crippen LogP contribution is 2.13. The molecular formula is C14H16N2O3S. The van der Waals surface area contributed by atoms with Crippen LogP contribution in [0.1, 0.15) is 19.4 Å². The van der Waals surface area contributed by atoms with Crippen LogP contribution in [-0.4, -0.2) is 29.4 Å². The molecule has 0 spiro atoms. The predicted molar refractivity (Wildman–Crippen MR) is 77.4 cm³/mol. The first-order chi connectivity index (χ1) is 9.51. The molecule has 0 bridgehead atoms. The molecule has 0 heterocycles. The Labute approximate surface area is 122 Å². The van der Waals surface area contributed by atoms with Crippen LogP contribution in [0, 0.1) is 11.3 Å². The Morgan fingerprint density at radius 1 is 1.45 bits per heavy atom. The molecule has 5 nitrogen and oxygen atoms in total. The molecule has 0 aliphatic heterocycles. The molecule has 0 aromatic heterocycles. The summed E-state index contributed by atoms with van der Waals surface area (Å²) in [6, 6.07) is 8.55. The Kier molecular flexibility index (Phi) is 6.60. The maximum Gasteiger partial charge on any atom is 0.217 e.